The lowest BCUT2D eigenvalue weighted by Gasteiger charge is -2.18. The molecule has 0 nitrogen and oxygen atoms in total. The Labute approximate surface area is 74.7 Å². The Bertz CT molecular complexity index is 204. The van der Waals surface area contributed by atoms with E-state index < -0.39 is 4.39 Å². The SMILES string of the molecule is Cl[B-](Cl)(Cl)c1ccccc1. The smallest absolute Gasteiger partial charge is 0.270 e. The zero-order chi connectivity index (χ0) is 7.61. The summed E-state index contributed by atoms with van der Waals surface area (Å²) in [6.45, 7) is 0. The fraction of sp³-hybridized carbons (Fsp3) is 0. The average Bonchev–Trinajstić information content (AvgIpc) is 1.88. The van der Waals surface area contributed by atoms with Crippen molar-refractivity contribution in [1.29, 1.82) is 0 Å². The summed E-state index contributed by atoms with van der Waals surface area (Å²) in [5.74, 6) is 0. The van der Waals surface area contributed by atoms with Gasteiger partial charge < -0.3 is 34.4 Å². The zero-order valence-corrected chi connectivity index (χ0v) is 7.37. The van der Waals surface area contributed by atoms with Crippen LogP contribution in [0.5, 0.6) is 0 Å². The van der Waals surface area contributed by atoms with Crippen molar-refractivity contribution in [1.82, 2.24) is 0 Å². The first-order valence-corrected chi connectivity index (χ1v) is 4.16. The standard InChI is InChI=1S/C6H5BCl3/c8-7(9,10)6-4-2-1-3-5-6/h1-5H/q-1. The van der Waals surface area contributed by atoms with Gasteiger partial charge in [-0.05, 0) is 0 Å². The van der Waals surface area contributed by atoms with Crippen LogP contribution in [0.3, 0.4) is 0 Å². The second-order valence-electron chi connectivity index (χ2n) is 1.99. The molecule has 1 rings (SSSR count). The van der Waals surface area contributed by atoms with E-state index in [1.807, 2.05) is 18.2 Å². The fourth-order valence-corrected chi connectivity index (χ4v) is 1.11. The van der Waals surface area contributed by atoms with Crippen molar-refractivity contribution >= 4 is 44.2 Å². The Morgan fingerprint density at radius 1 is 0.900 bits per heavy atom. The Morgan fingerprint density at radius 2 is 1.40 bits per heavy atom. The minimum Gasteiger partial charge on any atom is -0.344 e. The van der Waals surface area contributed by atoms with E-state index >= 15 is 0 Å². The molecule has 0 aliphatic carbocycles. The number of halogens is 3. The van der Waals surface area contributed by atoms with Gasteiger partial charge in [0.15, 0.2) is 0 Å². The molecular weight excluding hydrogens is 189 g/mol. The second kappa shape index (κ2) is 3.04. The van der Waals surface area contributed by atoms with Crippen molar-refractivity contribution in [2.75, 3.05) is 0 Å². The molecule has 0 N–H and O–H groups in total. The highest BCUT2D eigenvalue weighted by Gasteiger charge is 2.13. The van der Waals surface area contributed by atoms with Crippen LogP contribution in [0.1, 0.15) is 0 Å². The van der Waals surface area contributed by atoms with Gasteiger partial charge in [-0.3, -0.25) is 0 Å². The molecule has 54 valence electrons. The monoisotopic (exact) mass is 193 g/mol. The summed E-state index contributed by atoms with van der Waals surface area (Å²) in [6.07, 6.45) is 0. The summed E-state index contributed by atoms with van der Waals surface area (Å²) in [5, 5.41) is 0. The minimum absolute atomic E-state index is 0.757. The largest absolute Gasteiger partial charge is 0.344 e. The lowest BCUT2D eigenvalue weighted by atomic mass is 9.92. The molecule has 0 atom stereocenters. The van der Waals surface area contributed by atoms with Gasteiger partial charge in [-0.1, -0.05) is 30.3 Å². The van der Waals surface area contributed by atoms with Crippen molar-refractivity contribution in [2.24, 2.45) is 0 Å². The van der Waals surface area contributed by atoms with Crippen LogP contribution in [-0.4, -0.2) is 4.39 Å². The second-order valence-corrected chi connectivity index (χ2v) is 4.62. The number of rotatable bonds is 1. The van der Waals surface area contributed by atoms with Gasteiger partial charge in [0.25, 0.3) is 4.39 Å². The van der Waals surface area contributed by atoms with Gasteiger partial charge in [-0.2, -0.15) is 5.46 Å². The third kappa shape index (κ3) is 2.08. The van der Waals surface area contributed by atoms with Gasteiger partial charge in [-0.25, -0.2) is 0 Å². The summed E-state index contributed by atoms with van der Waals surface area (Å²) in [5.41, 5.74) is 0.757. The molecule has 0 amide bonds. The van der Waals surface area contributed by atoms with Crippen LogP contribution in [-0.2, 0) is 0 Å². The van der Waals surface area contributed by atoms with Crippen LogP contribution in [0.4, 0.5) is 0 Å². The Kier molecular flexibility index (Phi) is 2.51. The van der Waals surface area contributed by atoms with E-state index in [0.717, 1.165) is 5.46 Å². The molecule has 0 unspecified atom stereocenters. The number of benzene rings is 1. The molecule has 0 saturated heterocycles. The molecule has 0 aliphatic heterocycles. The van der Waals surface area contributed by atoms with Crippen LogP contribution < -0.4 is 5.46 Å². The van der Waals surface area contributed by atoms with Crippen molar-refractivity contribution in [2.45, 2.75) is 0 Å². The van der Waals surface area contributed by atoms with Crippen molar-refractivity contribution in [3.63, 3.8) is 0 Å². The van der Waals surface area contributed by atoms with Crippen LogP contribution in [0, 0.1) is 0 Å². The molecule has 1 aromatic rings. The van der Waals surface area contributed by atoms with E-state index in [1.54, 1.807) is 12.1 Å². The van der Waals surface area contributed by atoms with Gasteiger partial charge >= 0.3 is 0 Å². The van der Waals surface area contributed by atoms with E-state index in [1.165, 1.54) is 0 Å². The molecular formula is C6H5BCl3-. The summed E-state index contributed by atoms with van der Waals surface area (Å²) >= 11 is 17.0. The normalized spacial score (nSPS) is 11.5. The van der Waals surface area contributed by atoms with Crippen LogP contribution in [0.15, 0.2) is 30.3 Å². The van der Waals surface area contributed by atoms with Gasteiger partial charge in [0.1, 0.15) is 0 Å². The molecule has 0 heterocycles. The predicted molar refractivity (Wildman–Crippen MR) is 49.4 cm³/mol. The van der Waals surface area contributed by atoms with E-state index in [0.29, 0.717) is 0 Å². The van der Waals surface area contributed by atoms with E-state index in [4.69, 9.17) is 34.4 Å². The maximum atomic E-state index is 5.65. The predicted octanol–water partition coefficient (Wildman–Crippen LogP) is 2.55. The van der Waals surface area contributed by atoms with Crippen LogP contribution in [0.25, 0.3) is 0 Å². The highest BCUT2D eigenvalue weighted by Crippen LogP contribution is 2.18. The van der Waals surface area contributed by atoms with Gasteiger partial charge in [0, 0.05) is 0 Å². The maximum absolute atomic E-state index is 5.65. The van der Waals surface area contributed by atoms with Gasteiger partial charge in [0.05, 0.1) is 0 Å². The van der Waals surface area contributed by atoms with Crippen molar-refractivity contribution in [3.8, 4) is 0 Å². The summed E-state index contributed by atoms with van der Waals surface area (Å²) in [6, 6.07) is 9.17. The zero-order valence-electron chi connectivity index (χ0n) is 5.10. The number of hydrogen-bond acceptors (Lipinski definition) is 0. The van der Waals surface area contributed by atoms with E-state index in [2.05, 4.69) is 0 Å². The molecule has 0 fully saturated rings. The third-order valence-corrected chi connectivity index (χ3v) is 1.93. The highest BCUT2D eigenvalue weighted by molar-refractivity contribution is 7.69. The van der Waals surface area contributed by atoms with E-state index in [-0.39, 0.29) is 0 Å². The van der Waals surface area contributed by atoms with Crippen molar-refractivity contribution < 1.29 is 0 Å². The van der Waals surface area contributed by atoms with Gasteiger partial charge in [-0.15, -0.1) is 0 Å². The molecule has 0 aromatic heterocycles. The quantitative estimate of drug-likeness (QED) is 0.603. The first kappa shape index (κ1) is 8.25. The first-order chi connectivity index (χ1) is 4.61. The average molecular weight is 194 g/mol. The molecule has 1 aromatic carbocycles. The topological polar surface area (TPSA) is 0 Å². The molecule has 0 radical (unpaired) electrons. The Hall–Kier alpha value is 0.155. The summed E-state index contributed by atoms with van der Waals surface area (Å²) in [7, 11) is 0. The summed E-state index contributed by atoms with van der Waals surface area (Å²) in [4.78, 5) is 0. The molecule has 0 bridgehead atoms. The molecule has 0 aliphatic rings. The lowest BCUT2D eigenvalue weighted by molar-refractivity contribution is 1.77. The van der Waals surface area contributed by atoms with Crippen molar-refractivity contribution in [3.05, 3.63) is 30.3 Å². The van der Waals surface area contributed by atoms with Crippen LogP contribution >= 0.6 is 34.4 Å². The first-order valence-electron chi connectivity index (χ1n) is 2.85. The number of hydrogen-bond donors (Lipinski definition) is 0. The Morgan fingerprint density at radius 3 is 1.70 bits per heavy atom. The Balaban J connectivity index is 2.97. The van der Waals surface area contributed by atoms with Gasteiger partial charge in [0.2, 0.25) is 0 Å². The van der Waals surface area contributed by atoms with Crippen LogP contribution in [0.2, 0.25) is 0 Å². The van der Waals surface area contributed by atoms with E-state index in [9.17, 15) is 0 Å². The molecule has 0 spiro atoms. The molecule has 0 saturated carbocycles. The lowest BCUT2D eigenvalue weighted by Crippen LogP contribution is -2.29. The minimum atomic E-state index is -1.89. The third-order valence-electron chi connectivity index (χ3n) is 1.18. The summed E-state index contributed by atoms with van der Waals surface area (Å²) < 4.78 is -1.89. The fourth-order valence-electron chi connectivity index (χ4n) is 0.671. The maximum Gasteiger partial charge on any atom is 0.270 e. The molecule has 10 heavy (non-hydrogen) atoms. The highest BCUT2D eigenvalue weighted by atomic mass is 35.6. The molecule has 4 heteroatoms.